The van der Waals surface area contributed by atoms with Gasteiger partial charge in [-0.05, 0) is 48.4 Å². The third-order valence-corrected chi connectivity index (χ3v) is 6.42. The van der Waals surface area contributed by atoms with Crippen LogP contribution in [0.4, 0.5) is 16.2 Å². The lowest BCUT2D eigenvalue weighted by Crippen LogP contribution is -2.32. The van der Waals surface area contributed by atoms with Crippen LogP contribution in [0, 0.1) is 6.92 Å². The topological polar surface area (TPSA) is 105 Å². The number of hydrogen-bond donors (Lipinski definition) is 1. The first-order valence-corrected chi connectivity index (χ1v) is 11.5. The van der Waals surface area contributed by atoms with Gasteiger partial charge in [0.15, 0.2) is 0 Å². The van der Waals surface area contributed by atoms with Gasteiger partial charge in [0.2, 0.25) is 0 Å². The Hall–Kier alpha value is -4.73. The lowest BCUT2D eigenvalue weighted by atomic mass is 10.0. The van der Waals surface area contributed by atoms with Crippen LogP contribution < -0.4 is 20.8 Å². The number of aromatic nitrogens is 4. The maximum atomic E-state index is 13.4. The van der Waals surface area contributed by atoms with Gasteiger partial charge in [-0.25, -0.2) is 18.8 Å². The molecule has 1 aliphatic heterocycles. The first-order valence-electron chi connectivity index (χ1n) is 11.5. The molecule has 2 aromatic heterocycles. The summed E-state index contributed by atoms with van der Waals surface area (Å²) in [4.78, 5) is 45.4. The van der Waals surface area contributed by atoms with E-state index in [4.69, 9.17) is 0 Å². The second-order valence-electron chi connectivity index (χ2n) is 8.50. The Morgan fingerprint density at radius 2 is 1.72 bits per heavy atom. The molecule has 10 nitrogen and oxygen atoms in total. The molecule has 0 saturated carbocycles. The minimum Gasteiger partial charge on any atom is -0.355 e. The number of carbonyl (C=O) groups excluding carboxylic acids is 2. The molecule has 36 heavy (non-hydrogen) atoms. The zero-order valence-electron chi connectivity index (χ0n) is 20.2. The monoisotopic (exact) mass is 483 g/mol. The molecule has 4 aromatic rings. The summed E-state index contributed by atoms with van der Waals surface area (Å²) in [6.07, 6.45) is 4.96. The van der Waals surface area contributed by atoms with E-state index in [-0.39, 0.29) is 17.6 Å². The Morgan fingerprint density at radius 1 is 0.972 bits per heavy atom. The van der Waals surface area contributed by atoms with Crippen LogP contribution in [0.25, 0.3) is 16.8 Å². The number of hydrogen-bond acceptors (Lipinski definition) is 5. The van der Waals surface area contributed by atoms with Crippen molar-refractivity contribution in [2.45, 2.75) is 6.92 Å². The Morgan fingerprint density at radius 3 is 2.42 bits per heavy atom. The number of pyridine rings is 1. The van der Waals surface area contributed by atoms with Crippen LogP contribution in [-0.2, 0) is 7.05 Å². The van der Waals surface area contributed by atoms with Gasteiger partial charge in [0, 0.05) is 50.2 Å². The van der Waals surface area contributed by atoms with Crippen LogP contribution in [-0.4, -0.2) is 51.4 Å². The number of urea groups is 1. The fourth-order valence-electron chi connectivity index (χ4n) is 4.40. The lowest BCUT2D eigenvalue weighted by Gasteiger charge is -2.21. The zero-order chi connectivity index (χ0) is 25.4. The number of nitrogens with one attached hydrogen (secondary N) is 1. The summed E-state index contributed by atoms with van der Waals surface area (Å²) >= 11 is 0. The molecule has 0 bridgehead atoms. The van der Waals surface area contributed by atoms with Crippen molar-refractivity contribution >= 4 is 23.3 Å². The second kappa shape index (κ2) is 9.14. The Bertz CT molecular complexity index is 1520. The first kappa shape index (κ1) is 23.0. The second-order valence-corrected chi connectivity index (χ2v) is 8.50. The first-order chi connectivity index (χ1) is 17.4. The van der Waals surface area contributed by atoms with E-state index >= 15 is 0 Å². The smallest absolute Gasteiger partial charge is 0.350 e. The molecule has 10 heteroatoms. The average molecular weight is 484 g/mol. The van der Waals surface area contributed by atoms with Crippen molar-refractivity contribution in [1.29, 1.82) is 0 Å². The van der Waals surface area contributed by atoms with E-state index in [1.807, 2.05) is 37.3 Å². The number of benzene rings is 2. The van der Waals surface area contributed by atoms with Gasteiger partial charge >= 0.3 is 11.7 Å². The van der Waals surface area contributed by atoms with Crippen LogP contribution in [0.2, 0.25) is 0 Å². The van der Waals surface area contributed by atoms with Gasteiger partial charge in [-0.15, -0.1) is 0 Å². The van der Waals surface area contributed by atoms with E-state index in [1.165, 1.54) is 15.6 Å². The Balaban J connectivity index is 1.42. The van der Waals surface area contributed by atoms with Crippen LogP contribution in [0.5, 0.6) is 0 Å². The highest BCUT2D eigenvalue weighted by Gasteiger charge is 2.32. The zero-order valence-corrected chi connectivity index (χ0v) is 20.2. The summed E-state index contributed by atoms with van der Waals surface area (Å²) in [5.41, 5.74) is 5.13. The SMILES string of the molecule is CNC(=O)c1cccc(N2CCN(c3cncc(-c4ccc(-n5cnn(C)c5=O)cc4)c3C)C2=O)c1. The Labute approximate surface area is 207 Å². The quantitative estimate of drug-likeness (QED) is 0.470. The van der Waals surface area contributed by atoms with E-state index in [1.54, 1.807) is 54.5 Å². The number of anilines is 2. The Kier molecular flexibility index (Phi) is 5.85. The number of aryl methyl sites for hydroxylation is 1. The van der Waals surface area contributed by atoms with Gasteiger partial charge in [0.25, 0.3) is 5.91 Å². The number of nitrogens with zero attached hydrogens (tertiary/aromatic N) is 6. The molecule has 0 atom stereocenters. The van der Waals surface area contributed by atoms with Crippen molar-refractivity contribution in [1.82, 2.24) is 24.6 Å². The molecule has 3 heterocycles. The fraction of sp³-hybridized carbons (Fsp3) is 0.192. The average Bonchev–Trinajstić information content (AvgIpc) is 3.45. The molecule has 1 aliphatic rings. The van der Waals surface area contributed by atoms with E-state index in [0.717, 1.165) is 22.4 Å². The summed E-state index contributed by atoms with van der Waals surface area (Å²) in [6, 6.07) is 14.4. The van der Waals surface area contributed by atoms with Crippen molar-refractivity contribution in [3.63, 3.8) is 0 Å². The third-order valence-electron chi connectivity index (χ3n) is 6.42. The van der Waals surface area contributed by atoms with E-state index < -0.39 is 0 Å². The predicted molar refractivity (Wildman–Crippen MR) is 137 cm³/mol. The molecule has 5 rings (SSSR count). The minimum absolute atomic E-state index is 0.169. The van der Waals surface area contributed by atoms with Crippen molar-refractivity contribution in [2.75, 3.05) is 29.9 Å². The predicted octanol–water partition coefficient (Wildman–Crippen LogP) is 2.75. The van der Waals surface area contributed by atoms with Crippen LogP contribution >= 0.6 is 0 Å². The molecule has 0 unspecified atom stereocenters. The molecule has 0 spiro atoms. The van der Waals surface area contributed by atoms with E-state index in [9.17, 15) is 14.4 Å². The number of rotatable bonds is 5. The molecule has 1 N–H and O–H groups in total. The molecule has 0 radical (unpaired) electrons. The molecular weight excluding hydrogens is 458 g/mol. The summed E-state index contributed by atoms with van der Waals surface area (Å²) in [5.74, 6) is -0.201. The van der Waals surface area contributed by atoms with Gasteiger partial charge in [-0.2, -0.15) is 5.10 Å². The standard InChI is InChI=1S/C26H25N7O3/c1-17-22(18-7-9-20(10-8-18)33-16-29-30(3)25(33)35)14-28-15-23(17)32-12-11-31(26(32)36)21-6-4-5-19(13-21)24(34)27-2/h4-10,13-16H,11-12H2,1-3H3,(H,27,34). The largest absolute Gasteiger partial charge is 0.355 e. The molecule has 1 saturated heterocycles. The van der Waals surface area contributed by atoms with Crippen molar-refractivity contribution in [3.05, 3.63) is 88.9 Å². The van der Waals surface area contributed by atoms with Crippen molar-refractivity contribution in [3.8, 4) is 16.8 Å². The summed E-state index contributed by atoms with van der Waals surface area (Å²) < 4.78 is 2.75. The van der Waals surface area contributed by atoms with Gasteiger partial charge in [0.1, 0.15) is 6.33 Å². The summed E-state index contributed by atoms with van der Waals surface area (Å²) in [5, 5.41) is 6.60. The minimum atomic E-state index is -0.222. The number of amides is 3. The molecule has 1 fully saturated rings. The molecular formula is C26H25N7O3. The third kappa shape index (κ3) is 3.92. The van der Waals surface area contributed by atoms with Crippen LogP contribution in [0.3, 0.4) is 0 Å². The molecule has 182 valence electrons. The highest BCUT2D eigenvalue weighted by Crippen LogP contribution is 2.33. The normalized spacial score (nSPS) is 13.4. The van der Waals surface area contributed by atoms with Gasteiger partial charge < -0.3 is 5.32 Å². The molecule has 3 amide bonds. The number of carbonyl (C=O) groups is 2. The van der Waals surface area contributed by atoms with E-state index in [2.05, 4.69) is 15.4 Å². The fourth-order valence-corrected chi connectivity index (χ4v) is 4.40. The van der Waals surface area contributed by atoms with Crippen molar-refractivity contribution < 1.29 is 9.59 Å². The summed E-state index contributed by atoms with van der Waals surface area (Å²) in [6.45, 7) is 2.96. The maximum Gasteiger partial charge on any atom is 0.350 e. The van der Waals surface area contributed by atoms with Crippen LogP contribution in [0.1, 0.15) is 15.9 Å². The lowest BCUT2D eigenvalue weighted by molar-refractivity contribution is 0.0963. The molecule has 0 aliphatic carbocycles. The van der Waals surface area contributed by atoms with Crippen LogP contribution in [0.15, 0.2) is 72.0 Å². The molecule has 2 aromatic carbocycles. The van der Waals surface area contributed by atoms with Gasteiger partial charge in [-0.1, -0.05) is 18.2 Å². The van der Waals surface area contributed by atoms with E-state index in [0.29, 0.717) is 30.0 Å². The summed E-state index contributed by atoms with van der Waals surface area (Å²) in [7, 11) is 3.18. The van der Waals surface area contributed by atoms with Crippen molar-refractivity contribution in [2.24, 2.45) is 7.05 Å². The maximum absolute atomic E-state index is 13.4. The van der Waals surface area contributed by atoms with Gasteiger partial charge in [0.05, 0.1) is 17.6 Å². The van der Waals surface area contributed by atoms with Gasteiger partial charge in [-0.3, -0.25) is 19.6 Å². The highest BCUT2D eigenvalue weighted by molar-refractivity contribution is 6.07. The highest BCUT2D eigenvalue weighted by atomic mass is 16.2.